The summed E-state index contributed by atoms with van der Waals surface area (Å²) in [6.07, 6.45) is 2.79. The lowest BCUT2D eigenvalue weighted by Gasteiger charge is -2.36. The summed E-state index contributed by atoms with van der Waals surface area (Å²) >= 11 is 5.74. The number of benzene rings is 1. The number of hydrogen-bond donors (Lipinski definition) is 2. The van der Waals surface area contributed by atoms with E-state index < -0.39 is 5.60 Å². The first-order valence-electron chi connectivity index (χ1n) is 5.45. The van der Waals surface area contributed by atoms with E-state index in [2.05, 4.69) is 5.32 Å². The van der Waals surface area contributed by atoms with Crippen molar-refractivity contribution in [2.45, 2.75) is 31.4 Å². The Morgan fingerprint density at radius 1 is 1.38 bits per heavy atom. The van der Waals surface area contributed by atoms with E-state index in [4.69, 9.17) is 11.6 Å². The van der Waals surface area contributed by atoms with Crippen molar-refractivity contribution in [2.75, 3.05) is 6.54 Å². The van der Waals surface area contributed by atoms with E-state index in [1.54, 1.807) is 6.07 Å². The third-order valence-electron chi connectivity index (χ3n) is 2.99. The summed E-state index contributed by atoms with van der Waals surface area (Å²) < 4.78 is 13.0. The number of halogens is 2. The Morgan fingerprint density at radius 2 is 2.12 bits per heavy atom. The van der Waals surface area contributed by atoms with E-state index in [1.165, 1.54) is 12.1 Å². The molecule has 1 aromatic rings. The van der Waals surface area contributed by atoms with E-state index in [1.807, 2.05) is 0 Å². The Kier molecular flexibility index (Phi) is 3.47. The summed E-state index contributed by atoms with van der Waals surface area (Å²) in [5.41, 5.74) is 0.254. The van der Waals surface area contributed by atoms with E-state index >= 15 is 0 Å². The third kappa shape index (κ3) is 2.94. The normalized spacial score (nSPS) is 18.2. The second-order valence-corrected chi connectivity index (χ2v) is 4.90. The van der Waals surface area contributed by atoms with Crippen LogP contribution in [0.4, 0.5) is 4.39 Å². The van der Waals surface area contributed by atoms with E-state index in [0.29, 0.717) is 18.1 Å². The van der Waals surface area contributed by atoms with Gasteiger partial charge in [0.15, 0.2) is 0 Å². The Hall–Kier alpha value is -0.640. The lowest BCUT2D eigenvalue weighted by Crippen LogP contribution is -2.45. The molecular weight excluding hydrogens is 229 g/mol. The van der Waals surface area contributed by atoms with Gasteiger partial charge in [-0.3, -0.25) is 0 Å². The van der Waals surface area contributed by atoms with Crippen LogP contribution in [0.5, 0.6) is 0 Å². The van der Waals surface area contributed by atoms with Gasteiger partial charge >= 0.3 is 0 Å². The minimum absolute atomic E-state index is 0.327. The highest BCUT2D eigenvalue weighted by molar-refractivity contribution is 6.30. The van der Waals surface area contributed by atoms with Gasteiger partial charge in [-0.15, -0.1) is 0 Å². The van der Waals surface area contributed by atoms with Gasteiger partial charge in [0.05, 0.1) is 5.60 Å². The maximum Gasteiger partial charge on any atom is 0.125 e. The van der Waals surface area contributed by atoms with Gasteiger partial charge in [-0.25, -0.2) is 4.39 Å². The highest BCUT2D eigenvalue weighted by Crippen LogP contribution is 2.30. The van der Waals surface area contributed by atoms with Crippen molar-refractivity contribution in [1.29, 1.82) is 0 Å². The van der Waals surface area contributed by atoms with Crippen molar-refractivity contribution in [1.82, 2.24) is 5.32 Å². The highest BCUT2D eigenvalue weighted by Gasteiger charge is 2.33. The summed E-state index contributed by atoms with van der Waals surface area (Å²) in [6, 6.07) is 4.46. The van der Waals surface area contributed by atoms with Crippen molar-refractivity contribution in [3.63, 3.8) is 0 Å². The second-order valence-electron chi connectivity index (χ2n) is 4.46. The van der Waals surface area contributed by atoms with Crippen molar-refractivity contribution in [2.24, 2.45) is 0 Å². The molecular formula is C12H15ClFNO. The van der Waals surface area contributed by atoms with Crippen LogP contribution in [0.3, 0.4) is 0 Å². The molecule has 0 spiro atoms. The number of aliphatic hydroxyl groups is 1. The maximum absolute atomic E-state index is 13.0. The van der Waals surface area contributed by atoms with Crippen LogP contribution in [0.15, 0.2) is 18.2 Å². The fourth-order valence-electron chi connectivity index (χ4n) is 1.91. The van der Waals surface area contributed by atoms with Crippen LogP contribution in [0.1, 0.15) is 24.8 Å². The largest absolute Gasteiger partial charge is 0.389 e. The summed E-state index contributed by atoms with van der Waals surface area (Å²) in [6.45, 7) is 1.08. The molecule has 2 nitrogen and oxygen atoms in total. The molecule has 88 valence electrons. The number of nitrogens with one attached hydrogen (secondary N) is 1. The molecule has 0 radical (unpaired) electrons. The van der Waals surface area contributed by atoms with Gasteiger partial charge in [-0.05, 0) is 43.0 Å². The molecule has 0 unspecified atom stereocenters. The van der Waals surface area contributed by atoms with Gasteiger partial charge in [0, 0.05) is 18.1 Å². The first kappa shape index (κ1) is 11.8. The van der Waals surface area contributed by atoms with Gasteiger partial charge in [0.1, 0.15) is 5.82 Å². The van der Waals surface area contributed by atoms with E-state index in [0.717, 1.165) is 24.8 Å². The quantitative estimate of drug-likeness (QED) is 0.852. The molecule has 1 aromatic carbocycles. The first-order chi connectivity index (χ1) is 7.57. The zero-order valence-electron chi connectivity index (χ0n) is 8.97. The zero-order valence-corrected chi connectivity index (χ0v) is 9.73. The molecule has 1 aliphatic rings. The van der Waals surface area contributed by atoms with Gasteiger partial charge < -0.3 is 10.4 Å². The maximum atomic E-state index is 13.0. The fraction of sp³-hybridized carbons (Fsp3) is 0.500. The Morgan fingerprint density at radius 3 is 2.69 bits per heavy atom. The van der Waals surface area contributed by atoms with Gasteiger partial charge in [0.2, 0.25) is 0 Å². The van der Waals surface area contributed by atoms with Crippen LogP contribution in [0.25, 0.3) is 0 Å². The van der Waals surface area contributed by atoms with Gasteiger partial charge in [-0.1, -0.05) is 11.6 Å². The third-order valence-corrected chi connectivity index (χ3v) is 3.21. The molecule has 0 bridgehead atoms. The topological polar surface area (TPSA) is 32.3 Å². The van der Waals surface area contributed by atoms with Gasteiger partial charge in [0.25, 0.3) is 0 Å². The molecule has 0 saturated heterocycles. The smallest absolute Gasteiger partial charge is 0.125 e. The molecule has 1 saturated carbocycles. The van der Waals surface area contributed by atoms with Crippen LogP contribution in [0.2, 0.25) is 5.02 Å². The minimum atomic E-state index is -0.545. The molecule has 0 atom stereocenters. The summed E-state index contributed by atoms with van der Waals surface area (Å²) in [7, 11) is 0. The predicted molar refractivity (Wildman–Crippen MR) is 61.9 cm³/mol. The second kappa shape index (κ2) is 4.70. The zero-order chi connectivity index (χ0) is 11.6. The molecule has 0 aromatic heterocycles. The van der Waals surface area contributed by atoms with Crippen LogP contribution in [0, 0.1) is 5.82 Å². The Bertz CT molecular complexity index is 359. The van der Waals surface area contributed by atoms with Crippen LogP contribution >= 0.6 is 11.6 Å². The molecule has 1 aliphatic carbocycles. The molecule has 0 heterocycles. The first-order valence-corrected chi connectivity index (χ1v) is 5.83. The lowest BCUT2D eigenvalue weighted by atomic mass is 9.80. The molecule has 1 fully saturated rings. The molecule has 2 rings (SSSR count). The van der Waals surface area contributed by atoms with Crippen LogP contribution in [-0.4, -0.2) is 17.3 Å². The van der Waals surface area contributed by atoms with Crippen molar-refractivity contribution in [3.05, 3.63) is 34.6 Å². The lowest BCUT2D eigenvalue weighted by molar-refractivity contribution is -0.0314. The average Bonchev–Trinajstić information content (AvgIpc) is 2.13. The predicted octanol–water partition coefficient (Wildman–Crippen LogP) is 2.48. The molecule has 16 heavy (non-hydrogen) atoms. The summed E-state index contributed by atoms with van der Waals surface area (Å²) in [5, 5.41) is 13.4. The van der Waals surface area contributed by atoms with Crippen molar-refractivity contribution in [3.8, 4) is 0 Å². The summed E-state index contributed by atoms with van der Waals surface area (Å²) in [5.74, 6) is -0.327. The van der Waals surface area contributed by atoms with Crippen LogP contribution < -0.4 is 5.32 Å². The fourth-order valence-corrected chi connectivity index (χ4v) is 2.16. The SMILES string of the molecule is OC1(CNCc2cc(F)cc(Cl)c2)CCC1. The Labute approximate surface area is 99.4 Å². The number of rotatable bonds is 4. The molecule has 0 amide bonds. The number of hydrogen-bond acceptors (Lipinski definition) is 2. The highest BCUT2D eigenvalue weighted by atomic mass is 35.5. The van der Waals surface area contributed by atoms with E-state index in [-0.39, 0.29) is 5.82 Å². The monoisotopic (exact) mass is 243 g/mol. The van der Waals surface area contributed by atoms with Crippen molar-refractivity contribution < 1.29 is 9.50 Å². The van der Waals surface area contributed by atoms with Crippen LogP contribution in [-0.2, 0) is 6.54 Å². The minimum Gasteiger partial charge on any atom is -0.389 e. The van der Waals surface area contributed by atoms with Gasteiger partial charge in [-0.2, -0.15) is 0 Å². The molecule has 2 N–H and O–H groups in total. The summed E-state index contributed by atoms with van der Waals surface area (Å²) in [4.78, 5) is 0. The molecule has 4 heteroatoms. The Balaban J connectivity index is 1.84. The average molecular weight is 244 g/mol. The van der Waals surface area contributed by atoms with E-state index in [9.17, 15) is 9.50 Å². The molecule has 0 aliphatic heterocycles. The standard InChI is InChI=1S/C12H15ClFNO/c13-10-4-9(5-11(14)6-10)7-15-8-12(16)2-1-3-12/h4-6,15-16H,1-3,7-8H2. The van der Waals surface area contributed by atoms with Crippen molar-refractivity contribution >= 4 is 11.6 Å².